The van der Waals surface area contributed by atoms with Gasteiger partial charge >= 0.3 is 0 Å². The van der Waals surface area contributed by atoms with Gasteiger partial charge in [-0.2, -0.15) is 0 Å². The highest BCUT2D eigenvalue weighted by Crippen LogP contribution is 2.35. The molecule has 3 atom stereocenters. The third-order valence-electron chi connectivity index (χ3n) is 4.59. The van der Waals surface area contributed by atoms with Crippen LogP contribution < -0.4 is 5.32 Å². The van der Waals surface area contributed by atoms with Gasteiger partial charge in [0.15, 0.2) is 0 Å². The number of nitrogens with zero attached hydrogens (tertiary/aromatic N) is 1. The van der Waals surface area contributed by atoms with Crippen LogP contribution in [0.25, 0.3) is 0 Å². The first-order valence-electron chi connectivity index (χ1n) is 6.83. The fraction of sp³-hybridized carbons (Fsp3) is 1.00. The van der Waals surface area contributed by atoms with Gasteiger partial charge in [-0.25, -0.2) is 0 Å². The first-order chi connectivity index (χ1) is 7.35. The molecule has 0 aromatic carbocycles. The lowest BCUT2D eigenvalue weighted by Gasteiger charge is -2.28. The monoisotopic (exact) mass is 208 g/mol. The molecule has 0 spiro atoms. The minimum atomic E-state index is 0.864. The number of hydrogen-bond donors (Lipinski definition) is 1. The molecule has 1 N–H and O–H groups in total. The molecule has 1 aliphatic carbocycles. The van der Waals surface area contributed by atoms with E-state index in [0.29, 0.717) is 0 Å². The number of rotatable bonds is 5. The van der Waals surface area contributed by atoms with E-state index < -0.39 is 0 Å². The van der Waals surface area contributed by atoms with Crippen molar-refractivity contribution in [2.75, 3.05) is 19.6 Å². The largest absolute Gasteiger partial charge is 0.311 e. The molecule has 3 rings (SSSR count). The molecular formula is C13H24N2. The number of nitrogens with one attached hydrogen (secondary N) is 1. The summed E-state index contributed by atoms with van der Waals surface area (Å²) in [6.07, 6.45) is 7.31. The van der Waals surface area contributed by atoms with Crippen molar-refractivity contribution in [3.8, 4) is 0 Å². The summed E-state index contributed by atoms with van der Waals surface area (Å²) in [6.45, 7) is 6.32. The predicted molar refractivity (Wildman–Crippen MR) is 62.9 cm³/mol. The van der Waals surface area contributed by atoms with Crippen molar-refractivity contribution in [1.29, 1.82) is 0 Å². The summed E-state index contributed by atoms with van der Waals surface area (Å²) in [4.78, 5) is 2.70. The van der Waals surface area contributed by atoms with Crippen LogP contribution in [0.5, 0.6) is 0 Å². The first kappa shape index (κ1) is 10.1. The summed E-state index contributed by atoms with van der Waals surface area (Å²) in [7, 11) is 0. The lowest BCUT2D eigenvalue weighted by atomic mass is 9.89. The highest BCUT2D eigenvalue weighted by Gasteiger charge is 2.39. The zero-order valence-electron chi connectivity index (χ0n) is 9.91. The summed E-state index contributed by atoms with van der Waals surface area (Å²) in [5, 5.41) is 3.75. The van der Waals surface area contributed by atoms with E-state index in [1.807, 2.05) is 0 Å². The Bertz CT molecular complexity index is 225. The van der Waals surface area contributed by atoms with Crippen LogP contribution in [0.4, 0.5) is 0 Å². The van der Waals surface area contributed by atoms with Crippen LogP contribution in [0.2, 0.25) is 0 Å². The van der Waals surface area contributed by atoms with Crippen molar-refractivity contribution in [2.45, 2.75) is 51.1 Å². The summed E-state index contributed by atoms with van der Waals surface area (Å²) < 4.78 is 0. The van der Waals surface area contributed by atoms with E-state index in [1.54, 1.807) is 0 Å². The zero-order chi connectivity index (χ0) is 10.3. The van der Waals surface area contributed by atoms with E-state index in [0.717, 1.165) is 23.9 Å². The average Bonchev–Trinajstić information content (AvgIpc) is 2.82. The maximum atomic E-state index is 3.75. The fourth-order valence-corrected chi connectivity index (χ4v) is 3.47. The Morgan fingerprint density at radius 3 is 2.53 bits per heavy atom. The quantitative estimate of drug-likeness (QED) is 0.742. The highest BCUT2D eigenvalue weighted by atomic mass is 15.1. The summed E-state index contributed by atoms with van der Waals surface area (Å²) >= 11 is 0. The minimum absolute atomic E-state index is 0.864. The van der Waals surface area contributed by atoms with Crippen LogP contribution in [0.15, 0.2) is 0 Å². The molecule has 0 aromatic heterocycles. The molecule has 0 radical (unpaired) electrons. The third kappa shape index (κ3) is 2.21. The van der Waals surface area contributed by atoms with Crippen LogP contribution in [0.1, 0.15) is 39.0 Å². The molecule has 0 aromatic rings. The number of hydrogen-bond acceptors (Lipinski definition) is 2. The Hall–Kier alpha value is -0.0800. The van der Waals surface area contributed by atoms with Gasteiger partial charge in [0, 0.05) is 25.2 Å². The molecular weight excluding hydrogens is 184 g/mol. The summed E-state index contributed by atoms with van der Waals surface area (Å²) in [5.74, 6) is 2.01. The first-order valence-corrected chi connectivity index (χ1v) is 6.83. The average molecular weight is 208 g/mol. The molecule has 2 aliphatic heterocycles. The fourth-order valence-electron chi connectivity index (χ4n) is 3.47. The van der Waals surface area contributed by atoms with Crippen LogP contribution in [0, 0.1) is 11.8 Å². The van der Waals surface area contributed by atoms with Gasteiger partial charge in [0.05, 0.1) is 0 Å². The van der Waals surface area contributed by atoms with E-state index in [2.05, 4.69) is 17.1 Å². The van der Waals surface area contributed by atoms with Crippen molar-refractivity contribution in [2.24, 2.45) is 11.8 Å². The van der Waals surface area contributed by atoms with Gasteiger partial charge in [0.2, 0.25) is 0 Å². The van der Waals surface area contributed by atoms with Crippen molar-refractivity contribution in [1.82, 2.24) is 10.2 Å². The molecule has 2 nitrogen and oxygen atoms in total. The topological polar surface area (TPSA) is 15.3 Å². The maximum Gasteiger partial charge on any atom is 0.0111 e. The van der Waals surface area contributed by atoms with Gasteiger partial charge < -0.3 is 10.2 Å². The smallest absolute Gasteiger partial charge is 0.0111 e. The predicted octanol–water partition coefficient (Wildman–Crippen LogP) is 1.86. The Morgan fingerprint density at radius 1 is 1.13 bits per heavy atom. The molecule has 2 bridgehead atoms. The molecule has 2 heterocycles. The molecule has 15 heavy (non-hydrogen) atoms. The Kier molecular flexibility index (Phi) is 2.73. The molecule has 2 heteroatoms. The molecule has 0 amide bonds. The van der Waals surface area contributed by atoms with Gasteiger partial charge in [-0.1, -0.05) is 6.92 Å². The SMILES string of the molecule is CCN(CC1CC1)CC1CC2CCC1N2. The van der Waals surface area contributed by atoms with Crippen LogP contribution >= 0.6 is 0 Å². The summed E-state index contributed by atoms with van der Waals surface area (Å²) in [5.41, 5.74) is 0. The molecule has 3 aliphatic rings. The normalized spacial score (nSPS) is 39.2. The zero-order valence-corrected chi connectivity index (χ0v) is 9.91. The maximum absolute atomic E-state index is 3.75. The second-order valence-electron chi connectivity index (χ2n) is 5.84. The second-order valence-corrected chi connectivity index (χ2v) is 5.84. The lowest BCUT2D eigenvalue weighted by molar-refractivity contribution is 0.213. The van der Waals surface area contributed by atoms with Gasteiger partial charge in [0.1, 0.15) is 0 Å². The molecule has 86 valence electrons. The molecule has 2 saturated heterocycles. The van der Waals surface area contributed by atoms with Crippen LogP contribution in [-0.4, -0.2) is 36.6 Å². The van der Waals surface area contributed by atoms with Crippen molar-refractivity contribution >= 4 is 0 Å². The van der Waals surface area contributed by atoms with E-state index in [9.17, 15) is 0 Å². The Labute approximate surface area is 93.4 Å². The minimum Gasteiger partial charge on any atom is -0.311 e. The van der Waals surface area contributed by atoms with Crippen LogP contribution in [0.3, 0.4) is 0 Å². The summed E-state index contributed by atoms with van der Waals surface area (Å²) in [6, 6.07) is 1.74. The van der Waals surface area contributed by atoms with Crippen molar-refractivity contribution in [3.05, 3.63) is 0 Å². The Balaban J connectivity index is 1.49. The van der Waals surface area contributed by atoms with Gasteiger partial charge in [-0.05, 0) is 50.5 Å². The van der Waals surface area contributed by atoms with Crippen LogP contribution in [-0.2, 0) is 0 Å². The third-order valence-corrected chi connectivity index (χ3v) is 4.59. The van der Waals surface area contributed by atoms with Crippen molar-refractivity contribution in [3.63, 3.8) is 0 Å². The highest BCUT2D eigenvalue weighted by molar-refractivity contribution is 4.98. The Morgan fingerprint density at radius 2 is 2.00 bits per heavy atom. The molecule has 1 saturated carbocycles. The lowest BCUT2D eigenvalue weighted by Crippen LogP contribution is -2.36. The van der Waals surface area contributed by atoms with E-state index >= 15 is 0 Å². The van der Waals surface area contributed by atoms with E-state index in [1.165, 1.54) is 51.7 Å². The second kappa shape index (κ2) is 4.06. The molecule has 3 fully saturated rings. The van der Waals surface area contributed by atoms with Gasteiger partial charge in [-0.15, -0.1) is 0 Å². The van der Waals surface area contributed by atoms with Gasteiger partial charge in [-0.3, -0.25) is 0 Å². The van der Waals surface area contributed by atoms with E-state index in [-0.39, 0.29) is 0 Å². The van der Waals surface area contributed by atoms with E-state index in [4.69, 9.17) is 0 Å². The number of fused-ring (bicyclic) bond motifs is 2. The van der Waals surface area contributed by atoms with Gasteiger partial charge in [0.25, 0.3) is 0 Å². The van der Waals surface area contributed by atoms with Crippen molar-refractivity contribution < 1.29 is 0 Å². The molecule has 3 unspecified atom stereocenters. The standard InChI is InChI=1S/C13H24N2/c1-2-15(8-10-3-4-10)9-11-7-12-5-6-13(11)14-12/h10-14H,2-9H2,1H3.